The summed E-state index contributed by atoms with van der Waals surface area (Å²) >= 11 is 5.82. The molecule has 3 amide bonds. The molecule has 2 rings (SSSR count). The van der Waals surface area contributed by atoms with Gasteiger partial charge in [-0.15, -0.1) is 11.8 Å². The van der Waals surface area contributed by atoms with Crippen LogP contribution >= 0.6 is 39.5 Å². The van der Waals surface area contributed by atoms with E-state index in [2.05, 4.69) is 21.2 Å². The van der Waals surface area contributed by atoms with Crippen LogP contribution in [0.3, 0.4) is 0 Å². The number of thioether (sulfide) groups is 2. The van der Waals surface area contributed by atoms with E-state index in [9.17, 15) is 14.4 Å². The number of amides is 3. The fourth-order valence-electron chi connectivity index (χ4n) is 1.80. The van der Waals surface area contributed by atoms with Gasteiger partial charge in [-0.2, -0.15) is 0 Å². The van der Waals surface area contributed by atoms with Crippen molar-refractivity contribution in [3.05, 3.63) is 28.7 Å². The largest absolute Gasteiger partial charge is 0.353 e. The molecule has 1 atom stereocenters. The van der Waals surface area contributed by atoms with E-state index < -0.39 is 0 Å². The lowest BCUT2D eigenvalue weighted by Gasteiger charge is -2.15. The molecule has 8 heteroatoms. The Kier molecular flexibility index (Phi) is 6.34. The van der Waals surface area contributed by atoms with Crippen molar-refractivity contribution in [2.24, 2.45) is 0 Å². The summed E-state index contributed by atoms with van der Waals surface area (Å²) in [5.74, 6) is -0.107. The third-order valence-electron chi connectivity index (χ3n) is 2.97. The summed E-state index contributed by atoms with van der Waals surface area (Å²) < 4.78 is 0.992. The lowest BCUT2D eigenvalue weighted by Crippen LogP contribution is -2.39. The van der Waals surface area contributed by atoms with Gasteiger partial charge in [0, 0.05) is 22.5 Å². The number of carbonyl (C=O) groups is 3. The molecular weight excluding hydrogens is 388 g/mol. The Balaban J connectivity index is 1.75. The number of hydrogen-bond acceptors (Lipinski definition) is 5. The molecule has 1 aliphatic heterocycles. The zero-order valence-corrected chi connectivity index (χ0v) is 15.1. The molecule has 1 aliphatic rings. The molecule has 22 heavy (non-hydrogen) atoms. The fraction of sp³-hybridized carbons (Fsp3) is 0.357. The van der Waals surface area contributed by atoms with Crippen LogP contribution < -0.4 is 5.32 Å². The Morgan fingerprint density at radius 1 is 1.41 bits per heavy atom. The van der Waals surface area contributed by atoms with E-state index >= 15 is 0 Å². The minimum Gasteiger partial charge on any atom is -0.353 e. The Morgan fingerprint density at radius 2 is 2.09 bits per heavy atom. The Morgan fingerprint density at radius 3 is 2.68 bits per heavy atom. The number of nitrogens with one attached hydrogen (secondary N) is 1. The van der Waals surface area contributed by atoms with Crippen molar-refractivity contribution in [1.29, 1.82) is 0 Å². The van der Waals surface area contributed by atoms with Crippen LogP contribution in [0.1, 0.15) is 6.92 Å². The van der Waals surface area contributed by atoms with E-state index in [1.165, 1.54) is 16.7 Å². The molecule has 1 aromatic rings. The summed E-state index contributed by atoms with van der Waals surface area (Å²) in [6.45, 7) is 2.33. The van der Waals surface area contributed by atoms with Gasteiger partial charge in [0.25, 0.3) is 5.24 Å². The minimum absolute atomic E-state index is 0.111. The molecule has 0 radical (unpaired) electrons. The van der Waals surface area contributed by atoms with E-state index in [0.717, 1.165) is 21.1 Å². The first kappa shape index (κ1) is 17.4. The summed E-state index contributed by atoms with van der Waals surface area (Å²) in [5.41, 5.74) is 0. The predicted octanol–water partition coefficient (Wildman–Crippen LogP) is 2.74. The average molecular weight is 403 g/mol. The van der Waals surface area contributed by atoms with E-state index in [0.29, 0.717) is 0 Å². The molecule has 0 unspecified atom stereocenters. The molecule has 1 N–H and O–H groups in total. The number of imide groups is 1. The molecule has 118 valence electrons. The average Bonchev–Trinajstić information content (AvgIpc) is 2.81. The van der Waals surface area contributed by atoms with Gasteiger partial charge in [0.1, 0.15) is 0 Å². The Hall–Kier alpha value is -0.990. The minimum atomic E-state index is -0.250. The SMILES string of the molecule is C[C@@H](Sc1ccc(Br)cc1)C(=O)NCCN1C(=O)CSC1=O. The second kappa shape index (κ2) is 8.03. The summed E-state index contributed by atoms with van der Waals surface area (Å²) in [7, 11) is 0. The smallest absolute Gasteiger partial charge is 0.288 e. The van der Waals surface area contributed by atoms with Gasteiger partial charge in [0.2, 0.25) is 11.8 Å². The Bertz CT molecular complexity index is 564. The van der Waals surface area contributed by atoms with E-state index in [4.69, 9.17) is 0 Å². The van der Waals surface area contributed by atoms with Crippen molar-refractivity contribution in [2.75, 3.05) is 18.8 Å². The summed E-state index contributed by atoms with van der Waals surface area (Å²) in [6, 6.07) is 7.74. The molecule has 0 saturated carbocycles. The molecule has 5 nitrogen and oxygen atoms in total. The summed E-state index contributed by atoms with van der Waals surface area (Å²) in [6.07, 6.45) is 0. The summed E-state index contributed by atoms with van der Waals surface area (Å²) in [5, 5.41) is 2.27. The highest BCUT2D eigenvalue weighted by molar-refractivity contribution is 9.10. The quantitative estimate of drug-likeness (QED) is 0.740. The zero-order chi connectivity index (χ0) is 16.1. The first-order chi connectivity index (χ1) is 10.5. The van der Waals surface area contributed by atoms with Crippen LogP contribution in [0.2, 0.25) is 0 Å². The van der Waals surface area contributed by atoms with Crippen LogP contribution in [0.5, 0.6) is 0 Å². The van der Waals surface area contributed by atoms with Gasteiger partial charge in [0.15, 0.2) is 0 Å². The molecule has 0 bridgehead atoms. The maximum atomic E-state index is 12.0. The first-order valence-corrected chi connectivity index (χ1v) is 9.30. The number of benzene rings is 1. The van der Waals surface area contributed by atoms with Gasteiger partial charge >= 0.3 is 0 Å². The monoisotopic (exact) mass is 402 g/mol. The van der Waals surface area contributed by atoms with Crippen LogP contribution in [0, 0.1) is 0 Å². The van der Waals surface area contributed by atoms with Crippen molar-refractivity contribution >= 4 is 56.5 Å². The highest BCUT2D eigenvalue weighted by atomic mass is 79.9. The molecule has 0 aliphatic carbocycles. The van der Waals surface area contributed by atoms with Crippen LogP contribution in [0.15, 0.2) is 33.6 Å². The van der Waals surface area contributed by atoms with Crippen molar-refractivity contribution < 1.29 is 14.4 Å². The highest BCUT2D eigenvalue weighted by Crippen LogP contribution is 2.25. The van der Waals surface area contributed by atoms with Crippen LogP contribution in [-0.2, 0) is 9.59 Å². The van der Waals surface area contributed by atoms with Gasteiger partial charge in [-0.25, -0.2) is 0 Å². The van der Waals surface area contributed by atoms with Crippen molar-refractivity contribution in [3.63, 3.8) is 0 Å². The van der Waals surface area contributed by atoms with Crippen molar-refractivity contribution in [2.45, 2.75) is 17.1 Å². The second-order valence-corrected chi connectivity index (χ2v) is 7.86. The number of carbonyl (C=O) groups excluding carboxylic acids is 3. The second-order valence-electron chi connectivity index (χ2n) is 4.60. The van der Waals surface area contributed by atoms with Crippen molar-refractivity contribution in [1.82, 2.24) is 10.2 Å². The maximum absolute atomic E-state index is 12.0. The fourth-order valence-corrected chi connectivity index (χ4v) is 3.71. The van der Waals surface area contributed by atoms with Crippen LogP contribution in [0.25, 0.3) is 0 Å². The normalized spacial score (nSPS) is 16.0. The number of hydrogen-bond donors (Lipinski definition) is 1. The van der Waals surface area contributed by atoms with Gasteiger partial charge in [-0.1, -0.05) is 27.7 Å². The third-order valence-corrected chi connectivity index (χ3v) is 5.47. The molecule has 1 saturated heterocycles. The lowest BCUT2D eigenvalue weighted by molar-refractivity contribution is -0.125. The standard InChI is InChI=1S/C14H15BrN2O3S2/c1-9(22-11-4-2-10(15)3-5-11)13(19)16-6-7-17-12(18)8-21-14(17)20/h2-5,9H,6-8H2,1H3,(H,16,19)/t9-/m1/s1. The van der Waals surface area contributed by atoms with Gasteiger partial charge in [-0.05, 0) is 31.2 Å². The number of rotatable bonds is 6. The highest BCUT2D eigenvalue weighted by Gasteiger charge is 2.29. The molecule has 0 aromatic heterocycles. The molecule has 1 fully saturated rings. The maximum Gasteiger partial charge on any atom is 0.288 e. The van der Waals surface area contributed by atoms with E-state index in [1.807, 2.05) is 31.2 Å². The molecular formula is C14H15BrN2O3S2. The predicted molar refractivity (Wildman–Crippen MR) is 92.0 cm³/mol. The van der Waals surface area contributed by atoms with Gasteiger partial charge < -0.3 is 5.32 Å². The number of halogens is 1. The lowest BCUT2D eigenvalue weighted by atomic mass is 10.4. The molecule has 1 aromatic carbocycles. The molecule has 1 heterocycles. The van der Waals surface area contributed by atoms with Crippen molar-refractivity contribution in [3.8, 4) is 0 Å². The van der Waals surface area contributed by atoms with Gasteiger partial charge in [0.05, 0.1) is 11.0 Å². The van der Waals surface area contributed by atoms with Gasteiger partial charge in [-0.3, -0.25) is 19.3 Å². The third kappa shape index (κ3) is 4.76. The van der Waals surface area contributed by atoms with Crippen LogP contribution in [-0.4, -0.2) is 46.0 Å². The first-order valence-electron chi connectivity index (χ1n) is 6.64. The van der Waals surface area contributed by atoms with E-state index in [1.54, 1.807) is 0 Å². The number of nitrogens with zero attached hydrogens (tertiary/aromatic N) is 1. The topological polar surface area (TPSA) is 66.5 Å². The Labute approximate surface area is 145 Å². The van der Waals surface area contributed by atoms with E-state index in [-0.39, 0.29) is 41.1 Å². The molecule has 0 spiro atoms. The van der Waals surface area contributed by atoms with Crippen LogP contribution in [0.4, 0.5) is 4.79 Å². The summed E-state index contributed by atoms with van der Waals surface area (Å²) in [4.78, 5) is 37.0. The zero-order valence-electron chi connectivity index (χ0n) is 11.9.